The van der Waals surface area contributed by atoms with E-state index in [4.69, 9.17) is 4.74 Å². The zero-order valence-electron chi connectivity index (χ0n) is 11.6. The van der Waals surface area contributed by atoms with Crippen LogP contribution in [0.15, 0.2) is 42.5 Å². The van der Waals surface area contributed by atoms with E-state index in [2.05, 4.69) is 5.32 Å². The first-order chi connectivity index (χ1) is 9.61. The Morgan fingerprint density at radius 1 is 1.15 bits per heavy atom. The summed E-state index contributed by atoms with van der Waals surface area (Å²) in [5.74, 6) is 0.982. The molecule has 2 rings (SSSR count). The molecule has 1 unspecified atom stereocenters. The van der Waals surface area contributed by atoms with Gasteiger partial charge in [-0.1, -0.05) is 24.3 Å². The molecule has 0 heterocycles. The van der Waals surface area contributed by atoms with Crippen molar-refractivity contribution in [3.05, 3.63) is 53.6 Å². The van der Waals surface area contributed by atoms with Crippen molar-refractivity contribution >= 4 is 0 Å². The van der Waals surface area contributed by atoms with Crippen LogP contribution in [0.2, 0.25) is 0 Å². The summed E-state index contributed by atoms with van der Waals surface area (Å²) in [5.41, 5.74) is 1.80. The fourth-order valence-corrected chi connectivity index (χ4v) is 2.12. The van der Waals surface area contributed by atoms with Crippen molar-refractivity contribution in [2.45, 2.75) is 19.5 Å². The number of aromatic hydroxyl groups is 2. The Hall–Kier alpha value is -2.20. The Morgan fingerprint density at radius 3 is 2.60 bits per heavy atom. The van der Waals surface area contributed by atoms with Gasteiger partial charge in [0.1, 0.15) is 17.2 Å². The van der Waals surface area contributed by atoms with Crippen molar-refractivity contribution in [1.29, 1.82) is 0 Å². The molecule has 106 valence electrons. The summed E-state index contributed by atoms with van der Waals surface area (Å²) in [4.78, 5) is 0. The lowest BCUT2D eigenvalue weighted by molar-refractivity contribution is 0.405. The molecule has 1 atom stereocenters. The van der Waals surface area contributed by atoms with Gasteiger partial charge in [-0.2, -0.15) is 0 Å². The largest absolute Gasteiger partial charge is 0.508 e. The molecule has 3 N–H and O–H groups in total. The minimum Gasteiger partial charge on any atom is -0.508 e. The van der Waals surface area contributed by atoms with Gasteiger partial charge in [-0.25, -0.2) is 0 Å². The van der Waals surface area contributed by atoms with Crippen LogP contribution in [0, 0.1) is 0 Å². The Morgan fingerprint density at radius 2 is 1.90 bits per heavy atom. The van der Waals surface area contributed by atoms with Gasteiger partial charge in [0.15, 0.2) is 0 Å². The molecule has 0 aliphatic heterocycles. The van der Waals surface area contributed by atoms with E-state index in [1.165, 1.54) is 6.07 Å². The molecule has 4 heteroatoms. The molecule has 0 spiro atoms. The van der Waals surface area contributed by atoms with E-state index in [0.29, 0.717) is 6.54 Å². The zero-order valence-corrected chi connectivity index (χ0v) is 11.6. The molecule has 0 aromatic heterocycles. The number of benzene rings is 2. The third-order valence-corrected chi connectivity index (χ3v) is 3.27. The summed E-state index contributed by atoms with van der Waals surface area (Å²) in [6.07, 6.45) is 0. The predicted octanol–water partition coefficient (Wildman–Crippen LogP) is 2.96. The number of hydrogen-bond acceptors (Lipinski definition) is 4. The summed E-state index contributed by atoms with van der Waals surface area (Å²) < 4.78 is 5.30. The van der Waals surface area contributed by atoms with Crippen LogP contribution >= 0.6 is 0 Å². The Bertz CT molecular complexity index is 584. The van der Waals surface area contributed by atoms with Crippen molar-refractivity contribution in [2.24, 2.45) is 0 Å². The molecule has 4 nitrogen and oxygen atoms in total. The first kappa shape index (κ1) is 14.2. The Balaban J connectivity index is 2.06. The smallest absolute Gasteiger partial charge is 0.124 e. The summed E-state index contributed by atoms with van der Waals surface area (Å²) in [5, 5.41) is 22.5. The first-order valence-corrected chi connectivity index (χ1v) is 6.49. The van der Waals surface area contributed by atoms with Crippen molar-refractivity contribution in [2.75, 3.05) is 7.11 Å². The van der Waals surface area contributed by atoms with E-state index in [1.54, 1.807) is 19.2 Å². The lowest BCUT2D eigenvalue weighted by Gasteiger charge is -2.17. The number of ether oxygens (including phenoxy) is 1. The number of nitrogens with one attached hydrogen (secondary N) is 1. The van der Waals surface area contributed by atoms with Gasteiger partial charge in [0.05, 0.1) is 7.11 Å². The van der Waals surface area contributed by atoms with Gasteiger partial charge >= 0.3 is 0 Å². The molecule has 0 aliphatic carbocycles. The molecule has 0 fully saturated rings. The van der Waals surface area contributed by atoms with Gasteiger partial charge < -0.3 is 20.3 Å². The van der Waals surface area contributed by atoms with Gasteiger partial charge in [0.2, 0.25) is 0 Å². The SMILES string of the molecule is COc1ccccc1CNC(C)c1ccc(O)cc1O. The van der Waals surface area contributed by atoms with Crippen LogP contribution in [0.25, 0.3) is 0 Å². The predicted molar refractivity (Wildman–Crippen MR) is 78.0 cm³/mol. The van der Waals surface area contributed by atoms with Gasteiger partial charge in [0, 0.05) is 29.8 Å². The summed E-state index contributed by atoms with van der Waals surface area (Å²) in [7, 11) is 1.65. The molecule has 0 bridgehead atoms. The maximum atomic E-state index is 9.84. The second-order valence-corrected chi connectivity index (χ2v) is 4.66. The monoisotopic (exact) mass is 273 g/mol. The normalized spacial score (nSPS) is 12.1. The number of phenolic OH excluding ortho intramolecular Hbond substituents is 2. The van der Waals surface area contributed by atoms with Crippen molar-refractivity contribution in [1.82, 2.24) is 5.32 Å². The van der Waals surface area contributed by atoms with Gasteiger partial charge in [-0.15, -0.1) is 0 Å². The van der Waals surface area contributed by atoms with Crippen LogP contribution < -0.4 is 10.1 Å². The van der Waals surface area contributed by atoms with Crippen LogP contribution in [-0.2, 0) is 6.54 Å². The average Bonchev–Trinajstić information content (AvgIpc) is 2.45. The third-order valence-electron chi connectivity index (χ3n) is 3.27. The lowest BCUT2D eigenvalue weighted by atomic mass is 10.1. The quantitative estimate of drug-likeness (QED) is 0.784. The zero-order chi connectivity index (χ0) is 14.5. The number of hydrogen-bond donors (Lipinski definition) is 3. The fraction of sp³-hybridized carbons (Fsp3) is 0.250. The van der Waals surface area contributed by atoms with E-state index in [1.807, 2.05) is 31.2 Å². The highest BCUT2D eigenvalue weighted by Gasteiger charge is 2.11. The number of rotatable bonds is 5. The maximum absolute atomic E-state index is 9.84. The topological polar surface area (TPSA) is 61.7 Å². The molecule has 2 aromatic carbocycles. The minimum atomic E-state index is -0.0412. The standard InChI is InChI=1S/C16H19NO3/c1-11(14-8-7-13(18)9-15(14)19)17-10-12-5-3-4-6-16(12)20-2/h3-9,11,17-19H,10H2,1-2H3. The van der Waals surface area contributed by atoms with Crippen molar-refractivity contribution in [3.63, 3.8) is 0 Å². The van der Waals surface area contributed by atoms with E-state index in [-0.39, 0.29) is 17.5 Å². The molecule has 20 heavy (non-hydrogen) atoms. The molecule has 0 saturated carbocycles. The van der Waals surface area contributed by atoms with E-state index >= 15 is 0 Å². The maximum Gasteiger partial charge on any atom is 0.124 e. The number of para-hydroxylation sites is 1. The molecular weight excluding hydrogens is 254 g/mol. The van der Waals surface area contributed by atoms with Crippen LogP contribution in [0.3, 0.4) is 0 Å². The third kappa shape index (κ3) is 3.22. The van der Waals surface area contributed by atoms with Gasteiger partial charge in [-0.3, -0.25) is 0 Å². The first-order valence-electron chi connectivity index (χ1n) is 6.49. The van der Waals surface area contributed by atoms with Crippen LogP contribution in [0.5, 0.6) is 17.2 Å². The second kappa shape index (κ2) is 6.30. The van der Waals surface area contributed by atoms with E-state index in [9.17, 15) is 10.2 Å². The number of methoxy groups -OCH3 is 1. The summed E-state index contributed by atoms with van der Waals surface area (Å²) in [6, 6.07) is 12.4. The molecule has 2 aromatic rings. The van der Waals surface area contributed by atoms with Crippen LogP contribution in [0.1, 0.15) is 24.1 Å². The van der Waals surface area contributed by atoms with Crippen LogP contribution in [0.4, 0.5) is 0 Å². The lowest BCUT2D eigenvalue weighted by Crippen LogP contribution is -2.18. The molecule has 0 amide bonds. The highest BCUT2D eigenvalue weighted by Crippen LogP contribution is 2.28. The highest BCUT2D eigenvalue weighted by atomic mass is 16.5. The molecule has 0 saturated heterocycles. The Kier molecular flexibility index (Phi) is 4.48. The fourth-order valence-electron chi connectivity index (χ4n) is 2.12. The molecule has 0 radical (unpaired) electrons. The number of phenols is 2. The summed E-state index contributed by atoms with van der Waals surface area (Å²) >= 11 is 0. The average molecular weight is 273 g/mol. The van der Waals surface area contributed by atoms with Crippen LogP contribution in [-0.4, -0.2) is 17.3 Å². The second-order valence-electron chi connectivity index (χ2n) is 4.66. The van der Waals surface area contributed by atoms with Gasteiger partial charge in [0.25, 0.3) is 0 Å². The molecular formula is C16H19NO3. The highest BCUT2D eigenvalue weighted by molar-refractivity contribution is 5.41. The molecule has 0 aliphatic rings. The van der Waals surface area contributed by atoms with Crippen molar-refractivity contribution < 1.29 is 14.9 Å². The summed E-state index contributed by atoms with van der Waals surface area (Å²) in [6.45, 7) is 2.59. The van der Waals surface area contributed by atoms with Crippen molar-refractivity contribution in [3.8, 4) is 17.2 Å². The van der Waals surface area contributed by atoms with E-state index < -0.39 is 0 Å². The van der Waals surface area contributed by atoms with E-state index in [0.717, 1.165) is 16.9 Å². The Labute approximate surface area is 118 Å². The minimum absolute atomic E-state index is 0.0412. The van der Waals surface area contributed by atoms with Gasteiger partial charge in [-0.05, 0) is 19.1 Å².